The Bertz CT molecular complexity index is 1250. The van der Waals surface area contributed by atoms with Gasteiger partial charge in [-0.25, -0.2) is 4.98 Å². The molecule has 0 aliphatic rings. The van der Waals surface area contributed by atoms with Gasteiger partial charge in [-0.2, -0.15) is 16.8 Å². The van der Waals surface area contributed by atoms with Crippen LogP contribution in [0.25, 0.3) is 0 Å². The first-order valence-corrected chi connectivity index (χ1v) is 11.5. The van der Waals surface area contributed by atoms with Crippen molar-refractivity contribution in [2.75, 3.05) is 0 Å². The van der Waals surface area contributed by atoms with Crippen molar-refractivity contribution in [3.05, 3.63) is 76.4 Å². The average molecular weight is 474 g/mol. The number of aryl methyl sites for hydroxylation is 1. The van der Waals surface area contributed by atoms with Gasteiger partial charge in [-0.05, 0) is 31.2 Å². The van der Waals surface area contributed by atoms with Crippen LogP contribution in [0.3, 0.4) is 0 Å². The standard InChI is InChI=1S/C18H13Cl2NO6S2/c1-12-15(19)17(26-28(22,23)13-8-4-2-5-9-13)16(20)18(21-12)27-29(24,25)14-10-6-3-7-11-14/h2-11H,1H3. The molecule has 0 unspecified atom stereocenters. The largest absolute Gasteiger partial charge is 0.375 e. The predicted octanol–water partition coefficient (Wildman–Crippen LogP) is 4.23. The van der Waals surface area contributed by atoms with E-state index in [1.807, 2.05) is 0 Å². The minimum atomic E-state index is -4.29. The number of halogens is 2. The molecule has 0 atom stereocenters. The molecule has 0 aliphatic carbocycles. The van der Waals surface area contributed by atoms with Crippen LogP contribution in [0.4, 0.5) is 0 Å². The van der Waals surface area contributed by atoms with Crippen LogP contribution in [0.15, 0.2) is 70.5 Å². The van der Waals surface area contributed by atoms with Gasteiger partial charge in [0.2, 0.25) is 0 Å². The van der Waals surface area contributed by atoms with E-state index in [-0.39, 0.29) is 20.5 Å². The fourth-order valence-corrected chi connectivity index (χ4v) is 4.68. The number of hydrogen-bond donors (Lipinski definition) is 0. The Labute approximate surface area is 178 Å². The maximum absolute atomic E-state index is 12.5. The summed E-state index contributed by atoms with van der Waals surface area (Å²) < 4.78 is 60.0. The van der Waals surface area contributed by atoms with E-state index in [1.165, 1.54) is 55.5 Å². The van der Waals surface area contributed by atoms with Crippen molar-refractivity contribution < 1.29 is 25.2 Å². The molecule has 2 aromatic carbocycles. The highest BCUT2D eigenvalue weighted by Gasteiger charge is 2.27. The van der Waals surface area contributed by atoms with E-state index >= 15 is 0 Å². The molecule has 0 aliphatic heterocycles. The van der Waals surface area contributed by atoms with Crippen LogP contribution < -0.4 is 8.37 Å². The molecule has 29 heavy (non-hydrogen) atoms. The van der Waals surface area contributed by atoms with Gasteiger partial charge >= 0.3 is 20.2 Å². The Balaban J connectivity index is 2.04. The minimum absolute atomic E-state index is 0.0626. The smallest absolute Gasteiger partial charge is 0.340 e. The van der Waals surface area contributed by atoms with E-state index in [0.717, 1.165) is 0 Å². The molecule has 7 nitrogen and oxygen atoms in total. The van der Waals surface area contributed by atoms with E-state index < -0.39 is 36.9 Å². The van der Waals surface area contributed by atoms with Crippen molar-refractivity contribution in [3.8, 4) is 11.6 Å². The Kier molecular flexibility index (Phi) is 6.04. The zero-order valence-corrected chi connectivity index (χ0v) is 17.9. The summed E-state index contributed by atoms with van der Waals surface area (Å²) in [5.74, 6) is -1.04. The number of benzene rings is 2. The van der Waals surface area contributed by atoms with Crippen LogP contribution in [-0.4, -0.2) is 21.8 Å². The molecular formula is C18H13Cl2NO6S2. The molecule has 0 saturated carbocycles. The van der Waals surface area contributed by atoms with Gasteiger partial charge in [0.25, 0.3) is 5.88 Å². The Morgan fingerprint density at radius 2 is 1.17 bits per heavy atom. The Hall–Kier alpha value is -2.33. The van der Waals surface area contributed by atoms with Gasteiger partial charge in [0.05, 0.1) is 5.69 Å². The third kappa shape index (κ3) is 4.64. The quantitative estimate of drug-likeness (QED) is 0.493. The second-order valence-electron chi connectivity index (χ2n) is 5.66. The van der Waals surface area contributed by atoms with Crippen molar-refractivity contribution >= 4 is 43.4 Å². The lowest BCUT2D eigenvalue weighted by Gasteiger charge is -2.14. The van der Waals surface area contributed by atoms with Gasteiger partial charge in [-0.15, -0.1) is 0 Å². The number of nitrogens with zero attached hydrogens (tertiary/aromatic N) is 1. The highest BCUT2D eigenvalue weighted by atomic mass is 35.5. The molecule has 0 fully saturated rings. The summed E-state index contributed by atoms with van der Waals surface area (Å²) in [6.07, 6.45) is 0. The lowest BCUT2D eigenvalue weighted by atomic mass is 10.3. The summed E-state index contributed by atoms with van der Waals surface area (Å²) in [6, 6.07) is 14.6. The van der Waals surface area contributed by atoms with Gasteiger partial charge in [0.15, 0.2) is 5.75 Å². The molecule has 0 bridgehead atoms. The molecular weight excluding hydrogens is 461 g/mol. The zero-order chi connectivity index (χ0) is 21.2. The van der Waals surface area contributed by atoms with E-state index in [0.29, 0.717) is 0 Å². The Morgan fingerprint density at radius 3 is 1.66 bits per heavy atom. The van der Waals surface area contributed by atoms with E-state index in [4.69, 9.17) is 31.6 Å². The number of rotatable bonds is 6. The molecule has 3 aromatic rings. The van der Waals surface area contributed by atoms with Crippen molar-refractivity contribution in [2.24, 2.45) is 0 Å². The monoisotopic (exact) mass is 473 g/mol. The van der Waals surface area contributed by atoms with Gasteiger partial charge < -0.3 is 8.37 Å². The van der Waals surface area contributed by atoms with E-state index in [2.05, 4.69) is 4.98 Å². The lowest BCUT2D eigenvalue weighted by molar-refractivity contribution is 0.467. The first-order chi connectivity index (χ1) is 13.6. The topological polar surface area (TPSA) is 99.6 Å². The first kappa shape index (κ1) is 21.4. The lowest BCUT2D eigenvalue weighted by Crippen LogP contribution is -2.14. The molecule has 0 N–H and O–H groups in total. The summed E-state index contributed by atoms with van der Waals surface area (Å²) in [5, 5.41) is -0.696. The molecule has 0 saturated heterocycles. The summed E-state index contributed by atoms with van der Waals surface area (Å²) in [5.41, 5.74) is 0.0626. The SMILES string of the molecule is Cc1nc(OS(=O)(=O)c2ccccc2)c(Cl)c(OS(=O)(=O)c2ccccc2)c1Cl. The molecule has 152 valence electrons. The summed E-state index contributed by atoms with van der Waals surface area (Å²) >= 11 is 12.3. The highest BCUT2D eigenvalue weighted by molar-refractivity contribution is 7.87. The summed E-state index contributed by atoms with van der Waals surface area (Å²) in [6.45, 7) is 1.42. The second-order valence-corrected chi connectivity index (χ2v) is 9.51. The molecule has 3 rings (SSSR count). The molecule has 0 radical (unpaired) electrons. The van der Waals surface area contributed by atoms with Crippen molar-refractivity contribution in [3.63, 3.8) is 0 Å². The van der Waals surface area contributed by atoms with Crippen molar-refractivity contribution in [1.29, 1.82) is 0 Å². The molecule has 11 heteroatoms. The van der Waals surface area contributed by atoms with Crippen LogP contribution in [0, 0.1) is 6.92 Å². The van der Waals surface area contributed by atoms with Crippen LogP contribution in [0.5, 0.6) is 11.6 Å². The van der Waals surface area contributed by atoms with E-state index in [9.17, 15) is 16.8 Å². The van der Waals surface area contributed by atoms with Crippen molar-refractivity contribution in [2.45, 2.75) is 16.7 Å². The van der Waals surface area contributed by atoms with Gasteiger partial charge in [0.1, 0.15) is 19.8 Å². The van der Waals surface area contributed by atoms with Crippen LogP contribution in [0.2, 0.25) is 10.0 Å². The normalized spacial score (nSPS) is 11.8. The zero-order valence-electron chi connectivity index (χ0n) is 14.7. The summed E-state index contributed by atoms with van der Waals surface area (Å²) in [7, 11) is -8.56. The van der Waals surface area contributed by atoms with Crippen molar-refractivity contribution in [1.82, 2.24) is 4.98 Å². The minimum Gasteiger partial charge on any atom is -0.375 e. The fourth-order valence-electron chi connectivity index (χ4n) is 2.22. The molecule has 1 aromatic heterocycles. The van der Waals surface area contributed by atoms with E-state index in [1.54, 1.807) is 12.1 Å². The highest BCUT2D eigenvalue weighted by Crippen LogP contribution is 2.42. The fraction of sp³-hybridized carbons (Fsp3) is 0.0556. The van der Waals surface area contributed by atoms with Crippen LogP contribution >= 0.6 is 23.2 Å². The van der Waals surface area contributed by atoms with Crippen LogP contribution in [0.1, 0.15) is 5.69 Å². The van der Waals surface area contributed by atoms with Gasteiger partial charge in [-0.3, -0.25) is 0 Å². The number of aromatic nitrogens is 1. The second kappa shape index (κ2) is 8.19. The predicted molar refractivity (Wildman–Crippen MR) is 108 cm³/mol. The van der Waals surface area contributed by atoms with Gasteiger partial charge in [0, 0.05) is 0 Å². The third-order valence-electron chi connectivity index (χ3n) is 3.62. The summed E-state index contributed by atoms with van der Waals surface area (Å²) in [4.78, 5) is 3.63. The Morgan fingerprint density at radius 1 is 0.724 bits per heavy atom. The molecule has 0 spiro atoms. The first-order valence-electron chi connectivity index (χ1n) is 7.96. The van der Waals surface area contributed by atoms with Crippen LogP contribution in [-0.2, 0) is 20.2 Å². The molecule has 1 heterocycles. The third-order valence-corrected chi connectivity index (χ3v) is 6.86. The maximum Gasteiger partial charge on any atom is 0.340 e. The van der Waals surface area contributed by atoms with Gasteiger partial charge in [-0.1, -0.05) is 59.6 Å². The number of hydrogen-bond acceptors (Lipinski definition) is 7. The average Bonchev–Trinajstić information content (AvgIpc) is 2.70. The number of pyridine rings is 1. The molecule has 0 amide bonds. The maximum atomic E-state index is 12.5.